The average Bonchev–Trinajstić information content (AvgIpc) is 3.06. The highest BCUT2D eigenvalue weighted by molar-refractivity contribution is 5.66. The molecule has 7 heteroatoms. The molecule has 0 bridgehead atoms. The number of carbonyl (C=O) groups excluding carboxylic acids is 1. The van der Waals surface area contributed by atoms with Crippen molar-refractivity contribution < 1.29 is 22.7 Å². The van der Waals surface area contributed by atoms with E-state index in [0.717, 1.165) is 42.5 Å². The maximum Gasteiger partial charge on any atom is 0.573 e. The normalized spacial score (nSPS) is 19.9. The topological polar surface area (TPSA) is 41.6 Å². The van der Waals surface area contributed by atoms with Crippen LogP contribution in [-0.2, 0) is 24.3 Å². The summed E-state index contributed by atoms with van der Waals surface area (Å²) >= 11 is 0. The number of aldehydes is 1. The summed E-state index contributed by atoms with van der Waals surface area (Å²) in [5.41, 5.74) is 5.54. The van der Waals surface area contributed by atoms with Crippen LogP contribution < -0.4 is 10.1 Å². The average molecular weight is 432 g/mol. The number of ether oxygens (including phenoxy) is 1. The van der Waals surface area contributed by atoms with Crippen molar-refractivity contribution in [3.05, 3.63) is 64.2 Å². The Morgan fingerprint density at radius 2 is 1.84 bits per heavy atom. The van der Waals surface area contributed by atoms with Gasteiger partial charge in [0.15, 0.2) is 0 Å². The zero-order valence-electron chi connectivity index (χ0n) is 17.5. The number of alkyl halides is 3. The Balaban J connectivity index is 1.48. The van der Waals surface area contributed by atoms with Crippen LogP contribution in [0.4, 0.5) is 13.2 Å². The van der Waals surface area contributed by atoms with Gasteiger partial charge in [0.25, 0.3) is 0 Å². The number of hydrogen-bond donors (Lipinski definition) is 1. The van der Waals surface area contributed by atoms with Gasteiger partial charge >= 0.3 is 6.36 Å². The number of hydrogen-bond acceptors (Lipinski definition) is 4. The minimum atomic E-state index is -4.70. The number of halogens is 3. The Bertz CT molecular complexity index is 922. The molecule has 2 aliphatic heterocycles. The van der Waals surface area contributed by atoms with Gasteiger partial charge in [0.05, 0.1) is 6.04 Å². The Morgan fingerprint density at radius 3 is 2.48 bits per heavy atom. The largest absolute Gasteiger partial charge is 0.573 e. The van der Waals surface area contributed by atoms with Gasteiger partial charge in [-0.2, -0.15) is 0 Å². The van der Waals surface area contributed by atoms with Crippen molar-refractivity contribution in [2.24, 2.45) is 5.92 Å². The lowest BCUT2D eigenvalue weighted by Crippen LogP contribution is -2.28. The van der Waals surface area contributed by atoms with Crippen molar-refractivity contribution in [1.29, 1.82) is 0 Å². The highest BCUT2D eigenvalue weighted by Crippen LogP contribution is 2.37. The molecule has 1 unspecified atom stereocenters. The van der Waals surface area contributed by atoms with Crippen molar-refractivity contribution in [2.75, 3.05) is 13.1 Å². The third kappa shape index (κ3) is 5.28. The van der Waals surface area contributed by atoms with Crippen molar-refractivity contribution in [2.45, 2.75) is 51.7 Å². The van der Waals surface area contributed by atoms with Gasteiger partial charge in [-0.1, -0.05) is 24.3 Å². The fraction of sp³-hybridized carbons (Fsp3) is 0.458. The molecule has 1 atom stereocenters. The third-order valence-corrected chi connectivity index (χ3v) is 6.25. The summed E-state index contributed by atoms with van der Waals surface area (Å²) in [6, 6.07) is 9.96. The molecule has 4 nitrogen and oxygen atoms in total. The van der Waals surface area contributed by atoms with Gasteiger partial charge in [0.2, 0.25) is 0 Å². The summed E-state index contributed by atoms with van der Waals surface area (Å²) in [4.78, 5) is 14.0. The zero-order valence-corrected chi connectivity index (χ0v) is 17.5. The summed E-state index contributed by atoms with van der Waals surface area (Å²) in [7, 11) is 0. The van der Waals surface area contributed by atoms with E-state index in [4.69, 9.17) is 0 Å². The molecule has 0 spiro atoms. The molecule has 0 saturated carbocycles. The standard InChI is InChI=1S/C24H27F3N2O2/c1-16-10-19(11-17-6-8-28-9-7-17)12-20-14-29(22(15-30)23(16)20)13-18-2-4-21(5-3-18)31-24(25,26)27/h2-5,10,12,15,17,22,28H,6-9,11,13-14H2,1H3. The number of aryl methyl sites for hydroxylation is 1. The maximum absolute atomic E-state index is 12.4. The number of benzene rings is 2. The smallest absolute Gasteiger partial charge is 0.406 e. The van der Waals surface area contributed by atoms with Crippen molar-refractivity contribution >= 4 is 6.29 Å². The number of fused-ring (bicyclic) bond motifs is 1. The Labute approximate surface area is 180 Å². The van der Waals surface area contributed by atoms with Gasteiger partial charge in [-0.25, -0.2) is 0 Å². The summed E-state index contributed by atoms with van der Waals surface area (Å²) in [5.74, 6) is 0.446. The van der Waals surface area contributed by atoms with E-state index in [1.807, 2.05) is 0 Å². The highest BCUT2D eigenvalue weighted by atomic mass is 19.4. The Morgan fingerprint density at radius 1 is 1.13 bits per heavy atom. The molecule has 0 aromatic heterocycles. The lowest BCUT2D eigenvalue weighted by molar-refractivity contribution is -0.274. The van der Waals surface area contributed by atoms with Crippen LogP contribution >= 0.6 is 0 Å². The number of carbonyl (C=O) groups is 1. The summed E-state index contributed by atoms with van der Waals surface area (Å²) < 4.78 is 41.0. The number of rotatable bonds is 6. The first-order valence-corrected chi connectivity index (χ1v) is 10.7. The van der Waals surface area contributed by atoms with Gasteiger partial charge in [-0.3, -0.25) is 4.90 Å². The summed E-state index contributed by atoms with van der Waals surface area (Å²) in [6.45, 7) is 5.34. The van der Waals surface area contributed by atoms with Gasteiger partial charge in [0.1, 0.15) is 12.0 Å². The van der Waals surface area contributed by atoms with Crippen LogP contribution in [0.15, 0.2) is 36.4 Å². The van der Waals surface area contributed by atoms with Crippen LogP contribution in [0.1, 0.15) is 46.7 Å². The van der Waals surface area contributed by atoms with Crippen molar-refractivity contribution in [3.63, 3.8) is 0 Å². The summed E-state index contributed by atoms with van der Waals surface area (Å²) in [5, 5.41) is 3.40. The molecule has 2 aromatic rings. The SMILES string of the molecule is Cc1cc(CC2CCNCC2)cc2c1C(C=O)N(Cc1ccc(OC(F)(F)F)cc1)C2. The second-order valence-corrected chi connectivity index (χ2v) is 8.56. The fourth-order valence-electron chi connectivity index (χ4n) is 4.88. The van der Waals surface area contributed by atoms with E-state index in [2.05, 4.69) is 34.0 Å². The lowest BCUT2D eigenvalue weighted by Gasteiger charge is -2.23. The quantitative estimate of drug-likeness (QED) is 0.673. The molecular formula is C24H27F3N2O2. The number of nitrogens with zero attached hydrogens (tertiary/aromatic N) is 1. The third-order valence-electron chi connectivity index (χ3n) is 6.25. The molecule has 0 aliphatic carbocycles. The van der Waals surface area contributed by atoms with E-state index in [1.54, 1.807) is 12.1 Å². The molecule has 1 N–H and O–H groups in total. The minimum Gasteiger partial charge on any atom is -0.406 e. The number of nitrogens with one attached hydrogen (secondary N) is 1. The predicted molar refractivity (Wildman–Crippen MR) is 112 cm³/mol. The van der Waals surface area contributed by atoms with Gasteiger partial charge in [-0.15, -0.1) is 13.2 Å². The van der Waals surface area contributed by atoms with Crippen LogP contribution in [-0.4, -0.2) is 30.6 Å². The molecule has 2 heterocycles. The lowest BCUT2D eigenvalue weighted by atomic mass is 9.88. The molecule has 166 valence electrons. The van der Waals surface area contributed by atoms with Crippen LogP contribution in [0.2, 0.25) is 0 Å². The van der Waals surface area contributed by atoms with E-state index in [1.165, 1.54) is 36.1 Å². The van der Waals surface area contributed by atoms with Crippen molar-refractivity contribution in [3.8, 4) is 5.75 Å². The first-order chi connectivity index (χ1) is 14.8. The molecule has 0 radical (unpaired) electrons. The number of piperidine rings is 1. The second-order valence-electron chi connectivity index (χ2n) is 8.56. The van der Waals surface area contributed by atoms with Crippen LogP contribution in [0, 0.1) is 12.8 Å². The van der Waals surface area contributed by atoms with E-state index < -0.39 is 6.36 Å². The van der Waals surface area contributed by atoms with E-state index in [-0.39, 0.29) is 11.8 Å². The molecule has 2 aromatic carbocycles. The summed E-state index contributed by atoms with van der Waals surface area (Å²) in [6.07, 6.45) is -0.306. The monoisotopic (exact) mass is 432 g/mol. The predicted octanol–water partition coefficient (Wildman–Crippen LogP) is 4.69. The Kier molecular flexibility index (Phi) is 6.34. The van der Waals surface area contributed by atoms with E-state index in [9.17, 15) is 18.0 Å². The molecule has 1 saturated heterocycles. The second kappa shape index (κ2) is 9.01. The molecule has 4 rings (SSSR count). The van der Waals surface area contributed by atoms with Gasteiger partial charge in [-0.05, 0) is 85.1 Å². The fourth-order valence-corrected chi connectivity index (χ4v) is 4.88. The van der Waals surface area contributed by atoms with Crippen LogP contribution in [0.25, 0.3) is 0 Å². The Hall–Kier alpha value is -2.38. The van der Waals surface area contributed by atoms with E-state index in [0.29, 0.717) is 19.0 Å². The van der Waals surface area contributed by atoms with Crippen LogP contribution in [0.5, 0.6) is 5.75 Å². The zero-order chi connectivity index (χ0) is 22.0. The van der Waals surface area contributed by atoms with Crippen molar-refractivity contribution in [1.82, 2.24) is 10.2 Å². The molecule has 2 aliphatic rings. The molecule has 1 fully saturated rings. The van der Waals surface area contributed by atoms with Gasteiger partial charge < -0.3 is 14.8 Å². The van der Waals surface area contributed by atoms with Crippen LogP contribution in [0.3, 0.4) is 0 Å². The van der Waals surface area contributed by atoms with E-state index >= 15 is 0 Å². The molecular weight excluding hydrogens is 405 g/mol. The highest BCUT2D eigenvalue weighted by Gasteiger charge is 2.33. The maximum atomic E-state index is 12.4. The minimum absolute atomic E-state index is 0.244. The first kappa shape index (κ1) is 21.8. The first-order valence-electron chi connectivity index (χ1n) is 10.7. The molecule has 31 heavy (non-hydrogen) atoms. The molecule has 0 amide bonds. The van der Waals surface area contributed by atoms with Gasteiger partial charge in [0, 0.05) is 13.1 Å².